The summed E-state index contributed by atoms with van der Waals surface area (Å²) in [5, 5.41) is 0. The van der Waals surface area contributed by atoms with Gasteiger partial charge in [-0.1, -0.05) is 6.07 Å². The summed E-state index contributed by atoms with van der Waals surface area (Å²) < 4.78 is 23.1. The second kappa shape index (κ2) is 9.08. The maximum atomic E-state index is 12.5. The Morgan fingerprint density at radius 3 is 2.43 bits per heavy atom. The number of aryl methyl sites for hydroxylation is 1. The van der Waals surface area contributed by atoms with Crippen molar-refractivity contribution < 1.29 is 18.4 Å². The number of aromatic nitrogens is 1. The summed E-state index contributed by atoms with van der Waals surface area (Å²) in [4.78, 5) is 16.0. The van der Waals surface area contributed by atoms with Crippen LogP contribution in [0.3, 0.4) is 0 Å². The number of carbonyl (C=O) groups is 1. The van der Waals surface area contributed by atoms with Crippen molar-refractivity contribution in [2.45, 2.75) is 33.6 Å². The third kappa shape index (κ3) is 6.51. The van der Waals surface area contributed by atoms with Crippen LogP contribution < -0.4 is 0 Å². The maximum Gasteiger partial charge on any atom is 0.331 e. The van der Waals surface area contributed by atoms with E-state index in [0.717, 1.165) is 5.69 Å². The minimum atomic E-state index is -3.19. The lowest BCUT2D eigenvalue weighted by molar-refractivity contribution is -0.120. The molecule has 0 aliphatic heterocycles. The maximum absolute atomic E-state index is 12.5. The van der Waals surface area contributed by atoms with Crippen molar-refractivity contribution in [1.29, 1.82) is 0 Å². The summed E-state index contributed by atoms with van der Waals surface area (Å²) in [6, 6.07) is 5.68. The third-order valence-corrected chi connectivity index (χ3v) is 5.34. The molecule has 118 valence electrons. The van der Waals surface area contributed by atoms with Gasteiger partial charge in [0.15, 0.2) is 0 Å². The molecule has 1 heterocycles. The van der Waals surface area contributed by atoms with E-state index in [0.29, 0.717) is 26.1 Å². The summed E-state index contributed by atoms with van der Waals surface area (Å²) in [7, 11) is -3.19. The van der Waals surface area contributed by atoms with Gasteiger partial charge in [0, 0.05) is 17.8 Å². The van der Waals surface area contributed by atoms with E-state index in [1.807, 2.05) is 18.2 Å². The SMILES string of the molecule is CCOP(=O)(CC(CCc1ccccn1)C(C)=O)OCC. The second-order valence-corrected chi connectivity index (χ2v) is 6.90. The number of hydrogen-bond acceptors (Lipinski definition) is 5. The van der Waals surface area contributed by atoms with E-state index in [1.54, 1.807) is 20.0 Å². The van der Waals surface area contributed by atoms with Crippen LogP contribution in [-0.2, 0) is 24.8 Å². The van der Waals surface area contributed by atoms with Crippen LogP contribution in [0.25, 0.3) is 0 Å². The number of carbonyl (C=O) groups excluding carboxylic acids is 1. The quantitative estimate of drug-likeness (QED) is 0.619. The van der Waals surface area contributed by atoms with Crippen molar-refractivity contribution in [3.8, 4) is 0 Å². The van der Waals surface area contributed by atoms with Crippen molar-refractivity contribution in [2.24, 2.45) is 5.92 Å². The van der Waals surface area contributed by atoms with Gasteiger partial charge in [0.2, 0.25) is 0 Å². The van der Waals surface area contributed by atoms with Crippen molar-refractivity contribution in [2.75, 3.05) is 19.4 Å². The predicted molar refractivity (Wildman–Crippen MR) is 82.5 cm³/mol. The zero-order valence-electron chi connectivity index (χ0n) is 12.9. The normalized spacial score (nSPS) is 13.1. The molecule has 0 N–H and O–H groups in total. The van der Waals surface area contributed by atoms with Gasteiger partial charge in [0.1, 0.15) is 5.78 Å². The van der Waals surface area contributed by atoms with E-state index in [1.165, 1.54) is 6.92 Å². The molecule has 1 rings (SSSR count). The molecule has 1 unspecified atom stereocenters. The first kappa shape index (κ1) is 18.0. The topological polar surface area (TPSA) is 65.5 Å². The standard InChI is InChI=1S/C15H24NO4P/c1-4-19-21(18,20-5-2)12-14(13(3)17)9-10-15-8-6-7-11-16-15/h6-8,11,14H,4-5,9-10,12H2,1-3H3. The van der Waals surface area contributed by atoms with E-state index in [2.05, 4.69) is 4.98 Å². The lowest BCUT2D eigenvalue weighted by Gasteiger charge is -2.21. The smallest absolute Gasteiger partial charge is 0.309 e. The average molecular weight is 313 g/mol. The van der Waals surface area contributed by atoms with Gasteiger partial charge in [-0.3, -0.25) is 14.3 Å². The molecule has 21 heavy (non-hydrogen) atoms. The van der Waals surface area contributed by atoms with Crippen LogP contribution in [0.2, 0.25) is 0 Å². The molecule has 1 aromatic heterocycles. The number of hydrogen-bond donors (Lipinski definition) is 0. The summed E-state index contributed by atoms with van der Waals surface area (Å²) in [5.41, 5.74) is 0.923. The molecule has 0 spiro atoms. The van der Waals surface area contributed by atoms with Gasteiger partial charge in [0.25, 0.3) is 0 Å². The molecule has 0 aliphatic carbocycles. The largest absolute Gasteiger partial charge is 0.331 e. The van der Waals surface area contributed by atoms with E-state index < -0.39 is 7.60 Å². The molecule has 0 bridgehead atoms. The van der Waals surface area contributed by atoms with Crippen LogP contribution in [0.4, 0.5) is 0 Å². The van der Waals surface area contributed by atoms with Crippen LogP contribution in [0.5, 0.6) is 0 Å². The fourth-order valence-electron chi connectivity index (χ4n) is 2.10. The molecule has 0 aromatic carbocycles. The van der Waals surface area contributed by atoms with Gasteiger partial charge in [-0.05, 0) is 45.7 Å². The highest BCUT2D eigenvalue weighted by Gasteiger charge is 2.30. The highest BCUT2D eigenvalue weighted by molar-refractivity contribution is 7.53. The lowest BCUT2D eigenvalue weighted by atomic mass is 10.00. The van der Waals surface area contributed by atoms with Gasteiger partial charge >= 0.3 is 7.60 Å². The Morgan fingerprint density at radius 2 is 1.95 bits per heavy atom. The van der Waals surface area contributed by atoms with Gasteiger partial charge in [-0.2, -0.15) is 0 Å². The van der Waals surface area contributed by atoms with Crippen LogP contribution in [0.1, 0.15) is 32.9 Å². The fourth-order valence-corrected chi connectivity index (χ4v) is 4.15. The molecule has 0 amide bonds. The summed E-state index contributed by atoms with van der Waals surface area (Å²) in [5.74, 6) is -0.332. The minimum Gasteiger partial charge on any atom is -0.309 e. The Kier molecular flexibility index (Phi) is 7.79. The van der Waals surface area contributed by atoms with E-state index >= 15 is 0 Å². The molecule has 0 aliphatic rings. The minimum absolute atomic E-state index is 0.00515. The zero-order chi connectivity index (χ0) is 15.7. The van der Waals surface area contributed by atoms with Gasteiger partial charge in [0.05, 0.1) is 19.4 Å². The van der Waals surface area contributed by atoms with Crippen molar-refractivity contribution >= 4 is 13.4 Å². The van der Waals surface area contributed by atoms with E-state index in [4.69, 9.17) is 9.05 Å². The molecule has 6 heteroatoms. The first-order chi connectivity index (χ1) is 10.0. The van der Waals surface area contributed by atoms with Gasteiger partial charge < -0.3 is 9.05 Å². The monoisotopic (exact) mass is 313 g/mol. The number of rotatable bonds is 10. The number of ketones is 1. The predicted octanol–water partition coefficient (Wildman–Crippen LogP) is 3.49. The number of nitrogens with zero attached hydrogens (tertiary/aromatic N) is 1. The Labute approximate surface area is 126 Å². The molecular weight excluding hydrogens is 289 g/mol. The average Bonchev–Trinajstić information content (AvgIpc) is 2.45. The third-order valence-electron chi connectivity index (χ3n) is 3.15. The van der Waals surface area contributed by atoms with E-state index in [-0.39, 0.29) is 17.9 Å². The second-order valence-electron chi connectivity index (χ2n) is 4.80. The van der Waals surface area contributed by atoms with Gasteiger partial charge in [-0.25, -0.2) is 0 Å². The summed E-state index contributed by atoms with van der Waals surface area (Å²) >= 11 is 0. The Hall–Kier alpha value is -1.03. The fraction of sp³-hybridized carbons (Fsp3) is 0.600. The molecule has 5 nitrogen and oxygen atoms in total. The van der Waals surface area contributed by atoms with Gasteiger partial charge in [-0.15, -0.1) is 0 Å². The number of Topliss-reactive ketones (excluding diaryl/α,β-unsaturated/α-hetero) is 1. The van der Waals surface area contributed by atoms with Crippen molar-refractivity contribution in [3.05, 3.63) is 30.1 Å². The van der Waals surface area contributed by atoms with Crippen molar-refractivity contribution in [1.82, 2.24) is 4.98 Å². The van der Waals surface area contributed by atoms with E-state index in [9.17, 15) is 9.36 Å². The Balaban J connectivity index is 2.68. The van der Waals surface area contributed by atoms with Crippen molar-refractivity contribution in [3.63, 3.8) is 0 Å². The molecule has 1 aromatic rings. The highest BCUT2D eigenvalue weighted by Crippen LogP contribution is 2.50. The lowest BCUT2D eigenvalue weighted by Crippen LogP contribution is -2.19. The Morgan fingerprint density at radius 1 is 1.29 bits per heavy atom. The number of pyridine rings is 1. The summed E-state index contributed by atoms with van der Waals surface area (Å²) in [6.45, 7) is 5.67. The molecule has 1 atom stereocenters. The molecule has 0 saturated carbocycles. The first-order valence-electron chi connectivity index (χ1n) is 7.29. The van der Waals surface area contributed by atoms with Crippen LogP contribution in [0.15, 0.2) is 24.4 Å². The van der Waals surface area contributed by atoms with Crippen LogP contribution in [0, 0.1) is 5.92 Å². The molecular formula is C15H24NO4P. The van der Waals surface area contributed by atoms with Crippen LogP contribution >= 0.6 is 7.60 Å². The summed E-state index contributed by atoms with van der Waals surface area (Å²) in [6.07, 6.45) is 3.13. The Bertz CT molecular complexity index is 468. The molecule has 0 saturated heterocycles. The molecule has 0 fully saturated rings. The zero-order valence-corrected chi connectivity index (χ0v) is 13.8. The molecule has 0 radical (unpaired) electrons. The first-order valence-corrected chi connectivity index (χ1v) is 9.02. The van der Waals surface area contributed by atoms with Crippen LogP contribution in [-0.4, -0.2) is 30.1 Å². The highest BCUT2D eigenvalue weighted by atomic mass is 31.2.